The number of carbonyl (C=O) groups excluding carboxylic acids is 1. The lowest BCUT2D eigenvalue weighted by atomic mass is 9.99. The zero-order chi connectivity index (χ0) is 12.6. The maximum atomic E-state index is 11.7. The largest absolute Gasteiger partial charge is 0.382 e. The second kappa shape index (κ2) is 4.18. The molecule has 5 nitrogen and oxygen atoms in total. The molecule has 2 rings (SSSR count). The van der Waals surface area contributed by atoms with Crippen molar-refractivity contribution in [2.75, 3.05) is 18.1 Å². The second-order valence-electron chi connectivity index (χ2n) is 4.97. The summed E-state index contributed by atoms with van der Waals surface area (Å²) in [6, 6.07) is 0. The first-order valence-electron chi connectivity index (χ1n) is 5.71. The number of hydrogen-bond donors (Lipinski definition) is 3. The Morgan fingerprint density at radius 1 is 1.53 bits per heavy atom. The Bertz CT molecular complexity index is 437. The summed E-state index contributed by atoms with van der Waals surface area (Å²) in [6.45, 7) is 4.29. The van der Waals surface area contributed by atoms with E-state index in [2.05, 4.69) is 28.9 Å². The van der Waals surface area contributed by atoms with Crippen LogP contribution in [0, 0.1) is 5.92 Å². The fourth-order valence-electron chi connectivity index (χ4n) is 1.93. The van der Waals surface area contributed by atoms with Crippen LogP contribution in [0.3, 0.4) is 0 Å². The molecule has 1 fully saturated rings. The average molecular weight is 254 g/mol. The summed E-state index contributed by atoms with van der Waals surface area (Å²) < 4.78 is 4.05. The molecule has 1 heterocycles. The number of anilines is 2. The van der Waals surface area contributed by atoms with Crippen LogP contribution in [-0.4, -0.2) is 22.9 Å². The van der Waals surface area contributed by atoms with E-state index in [1.54, 1.807) is 7.05 Å². The number of nitrogens with one attached hydrogen (secondary N) is 2. The van der Waals surface area contributed by atoms with Gasteiger partial charge in [0.1, 0.15) is 10.6 Å². The number of aromatic nitrogens is 1. The zero-order valence-corrected chi connectivity index (χ0v) is 11.1. The molecule has 0 unspecified atom stereocenters. The first kappa shape index (κ1) is 12.2. The van der Waals surface area contributed by atoms with Crippen molar-refractivity contribution in [2.45, 2.75) is 32.2 Å². The van der Waals surface area contributed by atoms with Crippen molar-refractivity contribution in [1.82, 2.24) is 9.69 Å². The molecule has 0 bridgehead atoms. The van der Waals surface area contributed by atoms with Gasteiger partial charge in [-0.05, 0) is 44.1 Å². The van der Waals surface area contributed by atoms with Crippen molar-refractivity contribution < 1.29 is 4.79 Å². The number of nitrogen functional groups attached to an aromatic ring is 1. The van der Waals surface area contributed by atoms with Crippen molar-refractivity contribution in [3.63, 3.8) is 0 Å². The van der Waals surface area contributed by atoms with E-state index in [1.165, 1.54) is 24.4 Å². The molecule has 0 aromatic carbocycles. The molecule has 0 radical (unpaired) electrons. The average Bonchev–Trinajstić information content (AvgIpc) is 3.05. The first-order chi connectivity index (χ1) is 7.95. The van der Waals surface area contributed by atoms with Gasteiger partial charge in [-0.1, -0.05) is 0 Å². The maximum Gasteiger partial charge on any atom is 0.257 e. The number of hydrogen-bond acceptors (Lipinski definition) is 5. The van der Waals surface area contributed by atoms with Crippen molar-refractivity contribution in [3.8, 4) is 0 Å². The van der Waals surface area contributed by atoms with Gasteiger partial charge in [-0.3, -0.25) is 4.79 Å². The van der Waals surface area contributed by atoms with Crippen LogP contribution in [0.1, 0.15) is 37.0 Å². The topological polar surface area (TPSA) is 80.0 Å². The van der Waals surface area contributed by atoms with Gasteiger partial charge < -0.3 is 16.4 Å². The summed E-state index contributed by atoms with van der Waals surface area (Å²) in [5, 5.41) is 6.75. The standard InChI is InChI=1S/C11H18N4OS/c1-11(2,6-4-5-6)14-10-7(9(16)13-3)8(12)15-17-10/h6,14H,4-5H2,1-3H3,(H2,12,15)(H,13,16). The lowest BCUT2D eigenvalue weighted by Crippen LogP contribution is -2.34. The lowest BCUT2D eigenvalue weighted by molar-refractivity contribution is 0.0965. The molecule has 0 saturated heterocycles. The van der Waals surface area contributed by atoms with Crippen LogP contribution in [0.5, 0.6) is 0 Å². The Morgan fingerprint density at radius 2 is 2.18 bits per heavy atom. The van der Waals surface area contributed by atoms with Gasteiger partial charge in [0.05, 0.1) is 0 Å². The molecule has 0 atom stereocenters. The first-order valence-corrected chi connectivity index (χ1v) is 6.48. The summed E-state index contributed by atoms with van der Waals surface area (Å²) in [7, 11) is 1.59. The minimum Gasteiger partial charge on any atom is -0.382 e. The van der Waals surface area contributed by atoms with E-state index >= 15 is 0 Å². The molecular weight excluding hydrogens is 236 g/mol. The third kappa shape index (κ3) is 2.36. The van der Waals surface area contributed by atoms with Gasteiger partial charge in [0.2, 0.25) is 0 Å². The van der Waals surface area contributed by atoms with Gasteiger partial charge in [0, 0.05) is 12.6 Å². The van der Waals surface area contributed by atoms with Crippen LogP contribution < -0.4 is 16.4 Å². The molecule has 17 heavy (non-hydrogen) atoms. The molecule has 1 aromatic heterocycles. The summed E-state index contributed by atoms with van der Waals surface area (Å²) in [4.78, 5) is 11.7. The molecule has 94 valence electrons. The van der Waals surface area contributed by atoms with Crippen LogP contribution in [0.15, 0.2) is 0 Å². The van der Waals surface area contributed by atoms with E-state index < -0.39 is 0 Å². The Balaban J connectivity index is 2.23. The Hall–Kier alpha value is -1.30. The monoisotopic (exact) mass is 254 g/mol. The van der Waals surface area contributed by atoms with Crippen LogP contribution in [0.25, 0.3) is 0 Å². The number of nitrogens with zero attached hydrogens (tertiary/aromatic N) is 1. The van der Waals surface area contributed by atoms with E-state index in [-0.39, 0.29) is 11.4 Å². The predicted octanol–water partition coefficient (Wildman–Crippen LogP) is 1.69. The zero-order valence-electron chi connectivity index (χ0n) is 10.3. The molecule has 1 aliphatic rings. The SMILES string of the molecule is CNC(=O)c1c(N)nsc1NC(C)(C)C1CC1. The Kier molecular flexibility index (Phi) is 2.99. The molecule has 0 aliphatic heterocycles. The summed E-state index contributed by atoms with van der Waals surface area (Å²) >= 11 is 1.24. The van der Waals surface area contributed by atoms with Crippen LogP contribution in [0.4, 0.5) is 10.8 Å². The highest BCUT2D eigenvalue weighted by Crippen LogP contribution is 2.42. The smallest absolute Gasteiger partial charge is 0.257 e. The predicted molar refractivity (Wildman–Crippen MR) is 70.3 cm³/mol. The highest BCUT2D eigenvalue weighted by atomic mass is 32.1. The lowest BCUT2D eigenvalue weighted by Gasteiger charge is -2.26. The maximum absolute atomic E-state index is 11.7. The van der Waals surface area contributed by atoms with E-state index in [9.17, 15) is 4.79 Å². The van der Waals surface area contributed by atoms with E-state index in [0.29, 0.717) is 17.3 Å². The van der Waals surface area contributed by atoms with Gasteiger partial charge in [0.15, 0.2) is 5.82 Å². The number of nitrogens with two attached hydrogens (primary N) is 1. The molecule has 1 aliphatic carbocycles. The van der Waals surface area contributed by atoms with Crippen molar-refractivity contribution in [3.05, 3.63) is 5.56 Å². The number of amides is 1. The van der Waals surface area contributed by atoms with Gasteiger partial charge in [0.25, 0.3) is 5.91 Å². The van der Waals surface area contributed by atoms with Crippen LogP contribution in [-0.2, 0) is 0 Å². The molecule has 1 amide bonds. The van der Waals surface area contributed by atoms with Gasteiger partial charge in [-0.15, -0.1) is 0 Å². The number of carbonyl (C=O) groups is 1. The molecule has 1 saturated carbocycles. The fourth-order valence-corrected chi connectivity index (χ4v) is 2.81. The number of rotatable bonds is 4. The van der Waals surface area contributed by atoms with Crippen molar-refractivity contribution in [1.29, 1.82) is 0 Å². The quantitative estimate of drug-likeness (QED) is 0.764. The van der Waals surface area contributed by atoms with Crippen LogP contribution >= 0.6 is 11.5 Å². The highest BCUT2D eigenvalue weighted by Gasteiger charge is 2.38. The second-order valence-corrected chi connectivity index (χ2v) is 5.75. The van der Waals surface area contributed by atoms with Gasteiger partial charge in [-0.2, -0.15) is 4.37 Å². The minimum atomic E-state index is -0.189. The summed E-state index contributed by atoms with van der Waals surface area (Å²) in [5.41, 5.74) is 6.18. The van der Waals surface area contributed by atoms with Crippen molar-refractivity contribution in [2.24, 2.45) is 5.92 Å². The van der Waals surface area contributed by atoms with Crippen LogP contribution in [0.2, 0.25) is 0 Å². The molecule has 6 heteroatoms. The third-order valence-corrected chi connectivity index (χ3v) is 3.98. The van der Waals surface area contributed by atoms with E-state index in [4.69, 9.17) is 5.73 Å². The molecule has 1 aromatic rings. The summed E-state index contributed by atoms with van der Waals surface area (Å²) in [5.74, 6) is 0.775. The Labute approximate surface area is 105 Å². The fraction of sp³-hybridized carbons (Fsp3) is 0.636. The molecule has 4 N–H and O–H groups in total. The normalized spacial score (nSPS) is 15.7. The summed E-state index contributed by atoms with van der Waals surface area (Å²) in [6.07, 6.45) is 2.48. The van der Waals surface area contributed by atoms with Gasteiger partial charge >= 0.3 is 0 Å². The third-order valence-electron chi connectivity index (χ3n) is 3.21. The van der Waals surface area contributed by atoms with E-state index in [1.807, 2.05) is 0 Å². The highest BCUT2D eigenvalue weighted by molar-refractivity contribution is 7.11. The molecule has 0 spiro atoms. The Morgan fingerprint density at radius 3 is 2.71 bits per heavy atom. The van der Waals surface area contributed by atoms with E-state index in [0.717, 1.165) is 5.00 Å². The minimum absolute atomic E-state index is 0.0122. The van der Waals surface area contributed by atoms with Crippen molar-refractivity contribution >= 4 is 28.3 Å². The molecular formula is C11H18N4OS. The van der Waals surface area contributed by atoms with Gasteiger partial charge in [-0.25, -0.2) is 0 Å².